The Labute approximate surface area is 97.4 Å². The summed E-state index contributed by atoms with van der Waals surface area (Å²) in [6.45, 7) is 5.07. The summed E-state index contributed by atoms with van der Waals surface area (Å²) < 4.78 is 4.22. The van der Waals surface area contributed by atoms with Gasteiger partial charge in [0.15, 0.2) is 0 Å². The second kappa shape index (κ2) is 5.90. The van der Waals surface area contributed by atoms with Crippen LogP contribution in [-0.2, 0) is 14.3 Å². The van der Waals surface area contributed by atoms with Crippen molar-refractivity contribution in [1.82, 2.24) is 0 Å². The maximum atomic E-state index is 11.2. The van der Waals surface area contributed by atoms with E-state index < -0.39 is 10.3 Å². The zero-order valence-corrected chi connectivity index (χ0v) is 10.6. The molecule has 0 aliphatic rings. The Morgan fingerprint density at radius 2 is 2.00 bits per heavy atom. The summed E-state index contributed by atoms with van der Waals surface area (Å²) in [5, 5.41) is 8.54. The first kappa shape index (κ1) is 14.2. The summed E-state index contributed by atoms with van der Waals surface area (Å²) in [7, 11) is 0. The minimum absolute atomic E-state index is 0.193. The number of carbonyl (C=O) groups excluding carboxylic acids is 1. The first-order valence-electron chi connectivity index (χ1n) is 4.51. The number of aliphatic carboxylic acids is 1. The molecule has 0 rings (SSSR count). The number of halogens is 1. The van der Waals surface area contributed by atoms with Crippen molar-refractivity contribution >= 4 is 27.9 Å². The number of carboxylic acids is 1. The van der Waals surface area contributed by atoms with Gasteiger partial charge in [0, 0.05) is 12.0 Å². The summed E-state index contributed by atoms with van der Waals surface area (Å²) >= 11 is 3.16. The van der Waals surface area contributed by atoms with Crippen LogP contribution < -0.4 is 0 Å². The van der Waals surface area contributed by atoms with Gasteiger partial charge in [0.05, 0.1) is 6.61 Å². The molecule has 5 heteroatoms. The van der Waals surface area contributed by atoms with E-state index in [2.05, 4.69) is 15.9 Å². The molecule has 0 aliphatic heterocycles. The predicted molar refractivity (Wildman–Crippen MR) is 60.0 cm³/mol. The quantitative estimate of drug-likeness (QED) is 0.362. The van der Waals surface area contributed by atoms with E-state index in [1.54, 1.807) is 13.8 Å². The molecule has 0 saturated carbocycles. The zero-order chi connectivity index (χ0) is 12.1. The van der Waals surface area contributed by atoms with Crippen molar-refractivity contribution in [1.29, 1.82) is 0 Å². The molecule has 0 atom stereocenters. The van der Waals surface area contributed by atoms with Crippen LogP contribution in [0.2, 0.25) is 0 Å². The average Bonchev–Trinajstić information content (AvgIpc) is 2.09. The van der Waals surface area contributed by atoms with E-state index in [0.717, 1.165) is 0 Å². The highest BCUT2D eigenvalue weighted by molar-refractivity contribution is 9.10. The van der Waals surface area contributed by atoms with Crippen molar-refractivity contribution in [3.8, 4) is 0 Å². The van der Waals surface area contributed by atoms with Crippen molar-refractivity contribution in [2.24, 2.45) is 0 Å². The van der Waals surface area contributed by atoms with Crippen LogP contribution in [0.4, 0.5) is 0 Å². The van der Waals surface area contributed by atoms with Gasteiger partial charge in [0.2, 0.25) is 0 Å². The molecular weight excluding hydrogens is 264 g/mol. The first-order chi connectivity index (χ1) is 6.75. The Kier molecular flexibility index (Phi) is 5.57. The molecule has 0 radical (unpaired) electrons. The fraction of sp³-hybridized carbons (Fsp3) is 0.600. The SMILES string of the molecule is C/C(=C\CCOC(=O)C(C)(C)Br)C(=O)O. The van der Waals surface area contributed by atoms with Crippen LogP contribution in [0.15, 0.2) is 11.6 Å². The molecule has 0 amide bonds. The number of esters is 1. The molecule has 0 aliphatic carbocycles. The third-order valence-electron chi connectivity index (χ3n) is 1.62. The topological polar surface area (TPSA) is 63.6 Å². The second-order valence-electron chi connectivity index (χ2n) is 3.59. The van der Waals surface area contributed by atoms with Gasteiger partial charge in [0.25, 0.3) is 0 Å². The molecule has 0 aromatic rings. The first-order valence-corrected chi connectivity index (χ1v) is 5.30. The molecule has 0 aromatic heterocycles. The number of carbonyl (C=O) groups is 2. The Balaban J connectivity index is 3.87. The highest BCUT2D eigenvalue weighted by Gasteiger charge is 2.24. The van der Waals surface area contributed by atoms with E-state index in [9.17, 15) is 9.59 Å². The summed E-state index contributed by atoms with van der Waals surface area (Å²) in [5.74, 6) is -1.31. The smallest absolute Gasteiger partial charge is 0.330 e. The van der Waals surface area contributed by atoms with Gasteiger partial charge in [0.1, 0.15) is 4.32 Å². The van der Waals surface area contributed by atoms with Crippen molar-refractivity contribution < 1.29 is 19.4 Å². The number of hydrogen-bond donors (Lipinski definition) is 1. The lowest BCUT2D eigenvalue weighted by Gasteiger charge is -2.14. The number of carboxylic acid groups (broad SMARTS) is 1. The predicted octanol–water partition coefficient (Wildman–Crippen LogP) is 2.12. The zero-order valence-electron chi connectivity index (χ0n) is 9.04. The lowest BCUT2D eigenvalue weighted by Crippen LogP contribution is -2.26. The lowest BCUT2D eigenvalue weighted by atomic mass is 10.2. The van der Waals surface area contributed by atoms with E-state index in [1.807, 2.05) is 0 Å². The molecule has 0 spiro atoms. The fourth-order valence-corrected chi connectivity index (χ4v) is 0.800. The van der Waals surface area contributed by atoms with Crippen LogP contribution in [0.1, 0.15) is 27.2 Å². The molecule has 0 saturated heterocycles. The summed E-state index contributed by atoms with van der Waals surface area (Å²) in [4.78, 5) is 21.6. The van der Waals surface area contributed by atoms with E-state index in [1.165, 1.54) is 13.0 Å². The standard InChI is InChI=1S/C10H15BrO4/c1-7(8(12)13)5-4-6-15-9(14)10(2,3)11/h5H,4,6H2,1-3H3,(H,12,13)/b7-5+. The van der Waals surface area contributed by atoms with Crippen molar-refractivity contribution in [2.75, 3.05) is 6.61 Å². The van der Waals surface area contributed by atoms with Gasteiger partial charge in [-0.05, 0) is 20.8 Å². The van der Waals surface area contributed by atoms with Crippen molar-refractivity contribution in [3.63, 3.8) is 0 Å². The molecule has 0 bridgehead atoms. The molecule has 4 nitrogen and oxygen atoms in total. The molecular formula is C10H15BrO4. The summed E-state index contributed by atoms with van der Waals surface area (Å²) in [6.07, 6.45) is 1.93. The minimum Gasteiger partial charge on any atom is -0.478 e. The molecule has 0 heterocycles. The van der Waals surface area contributed by atoms with E-state index in [4.69, 9.17) is 9.84 Å². The van der Waals surface area contributed by atoms with Crippen molar-refractivity contribution in [2.45, 2.75) is 31.5 Å². The summed E-state index contributed by atoms with van der Waals surface area (Å²) in [5.41, 5.74) is 0.254. The van der Waals surface area contributed by atoms with Crippen LogP contribution in [-0.4, -0.2) is 28.0 Å². The van der Waals surface area contributed by atoms with Crippen molar-refractivity contribution in [3.05, 3.63) is 11.6 Å². The molecule has 1 N–H and O–H groups in total. The van der Waals surface area contributed by atoms with Crippen LogP contribution in [0.5, 0.6) is 0 Å². The highest BCUT2D eigenvalue weighted by atomic mass is 79.9. The lowest BCUT2D eigenvalue weighted by molar-refractivity contribution is -0.145. The van der Waals surface area contributed by atoms with Gasteiger partial charge in [-0.15, -0.1) is 0 Å². The number of ether oxygens (including phenoxy) is 1. The van der Waals surface area contributed by atoms with E-state index in [-0.39, 0.29) is 18.1 Å². The average molecular weight is 279 g/mol. The molecule has 0 fully saturated rings. The molecule has 86 valence electrons. The van der Waals surface area contributed by atoms with Gasteiger partial charge in [-0.25, -0.2) is 4.79 Å². The monoisotopic (exact) mass is 278 g/mol. The number of rotatable bonds is 5. The number of alkyl halides is 1. The largest absolute Gasteiger partial charge is 0.478 e. The van der Waals surface area contributed by atoms with E-state index in [0.29, 0.717) is 6.42 Å². The Bertz CT molecular complexity index is 276. The van der Waals surface area contributed by atoms with Gasteiger partial charge < -0.3 is 9.84 Å². The maximum absolute atomic E-state index is 11.2. The molecule has 0 unspecified atom stereocenters. The third kappa shape index (κ3) is 6.28. The Morgan fingerprint density at radius 1 is 1.47 bits per heavy atom. The molecule has 0 aromatic carbocycles. The Morgan fingerprint density at radius 3 is 2.40 bits per heavy atom. The minimum atomic E-state index is -0.956. The van der Waals surface area contributed by atoms with Crippen LogP contribution in [0.3, 0.4) is 0 Å². The summed E-state index contributed by atoms with van der Waals surface area (Å²) in [6, 6.07) is 0. The van der Waals surface area contributed by atoms with Crippen LogP contribution >= 0.6 is 15.9 Å². The Hall–Kier alpha value is -0.840. The van der Waals surface area contributed by atoms with Gasteiger partial charge in [-0.2, -0.15) is 0 Å². The van der Waals surface area contributed by atoms with Gasteiger partial charge in [-0.3, -0.25) is 4.79 Å². The normalized spacial score (nSPS) is 12.4. The van der Waals surface area contributed by atoms with Gasteiger partial charge >= 0.3 is 11.9 Å². The highest BCUT2D eigenvalue weighted by Crippen LogP contribution is 2.17. The van der Waals surface area contributed by atoms with E-state index >= 15 is 0 Å². The van der Waals surface area contributed by atoms with Crippen LogP contribution in [0.25, 0.3) is 0 Å². The molecule has 15 heavy (non-hydrogen) atoms. The number of hydrogen-bond acceptors (Lipinski definition) is 3. The second-order valence-corrected chi connectivity index (χ2v) is 5.57. The maximum Gasteiger partial charge on any atom is 0.330 e. The third-order valence-corrected chi connectivity index (χ3v) is 1.95. The van der Waals surface area contributed by atoms with Crippen LogP contribution in [0, 0.1) is 0 Å². The van der Waals surface area contributed by atoms with Gasteiger partial charge in [-0.1, -0.05) is 22.0 Å². The fourth-order valence-electron chi connectivity index (χ4n) is 0.686.